The predicted molar refractivity (Wildman–Crippen MR) is 125 cm³/mol. The number of rotatable bonds is 23. The van der Waals surface area contributed by atoms with Crippen LogP contribution >= 0.6 is 0 Å². The fraction of sp³-hybridized carbons (Fsp3) is 0.962. The molecular formula is C26H52KNO2. The molecule has 0 fully saturated rings. The summed E-state index contributed by atoms with van der Waals surface area (Å²) in [7, 11) is 0. The Balaban J connectivity index is 0. The Morgan fingerprint density at radius 3 is 1.23 bits per heavy atom. The Kier molecular flexibility index (Phi) is 29.2. The SMILES string of the molecule is CCCCCCCCCCCN(CCCCCCCCCCC)C(C)CC(=O)[O-].[K+]. The molecule has 0 radical (unpaired) electrons. The monoisotopic (exact) mass is 449 g/mol. The van der Waals surface area contributed by atoms with Gasteiger partial charge in [-0.15, -0.1) is 0 Å². The Hall–Kier alpha value is 1.07. The maximum absolute atomic E-state index is 11.0. The number of nitrogens with zero attached hydrogens (tertiary/aromatic N) is 1. The summed E-state index contributed by atoms with van der Waals surface area (Å²) in [5, 5.41) is 11.0. The molecule has 0 aliphatic heterocycles. The maximum atomic E-state index is 11.0. The van der Waals surface area contributed by atoms with E-state index in [9.17, 15) is 9.90 Å². The molecule has 1 unspecified atom stereocenters. The van der Waals surface area contributed by atoms with E-state index in [-0.39, 0.29) is 63.8 Å². The van der Waals surface area contributed by atoms with Crippen LogP contribution in [0.25, 0.3) is 0 Å². The zero-order chi connectivity index (χ0) is 21.6. The van der Waals surface area contributed by atoms with Crippen molar-refractivity contribution < 1.29 is 61.3 Å². The Labute approximate surface area is 232 Å². The van der Waals surface area contributed by atoms with Crippen LogP contribution in [-0.4, -0.2) is 30.0 Å². The molecule has 0 aliphatic carbocycles. The number of hydrogen-bond acceptors (Lipinski definition) is 3. The van der Waals surface area contributed by atoms with Crippen molar-refractivity contribution in [3.63, 3.8) is 0 Å². The molecule has 0 saturated heterocycles. The van der Waals surface area contributed by atoms with Gasteiger partial charge in [0.2, 0.25) is 0 Å². The van der Waals surface area contributed by atoms with E-state index in [0.29, 0.717) is 0 Å². The zero-order valence-electron chi connectivity index (χ0n) is 21.2. The maximum Gasteiger partial charge on any atom is 1.00 e. The van der Waals surface area contributed by atoms with Crippen LogP contribution in [0.4, 0.5) is 0 Å². The summed E-state index contributed by atoms with van der Waals surface area (Å²) >= 11 is 0. The molecular weight excluding hydrogens is 397 g/mol. The van der Waals surface area contributed by atoms with Crippen LogP contribution < -0.4 is 56.5 Å². The smallest absolute Gasteiger partial charge is 0.550 e. The number of carboxylic acid groups (broad SMARTS) is 1. The van der Waals surface area contributed by atoms with Crippen molar-refractivity contribution in [1.29, 1.82) is 0 Å². The standard InChI is InChI=1S/C26H53NO2.K/c1-4-6-8-10-12-14-16-18-20-22-27(25(3)24-26(28)29)23-21-19-17-15-13-11-9-7-5-2;/h25H,4-24H2,1-3H3,(H,28,29);/q;+1/p-1. The normalized spacial score (nSPS) is 12.1. The van der Waals surface area contributed by atoms with Gasteiger partial charge >= 0.3 is 51.4 Å². The van der Waals surface area contributed by atoms with Gasteiger partial charge in [0.15, 0.2) is 0 Å². The zero-order valence-corrected chi connectivity index (χ0v) is 24.3. The largest absolute Gasteiger partial charge is 1.00 e. The minimum atomic E-state index is -0.915. The van der Waals surface area contributed by atoms with E-state index in [1.165, 1.54) is 116 Å². The van der Waals surface area contributed by atoms with Crippen LogP contribution in [0.1, 0.15) is 143 Å². The van der Waals surface area contributed by atoms with E-state index in [1.807, 2.05) is 0 Å². The van der Waals surface area contributed by atoms with Gasteiger partial charge in [-0.2, -0.15) is 0 Å². The fourth-order valence-electron chi connectivity index (χ4n) is 4.17. The second-order valence-corrected chi connectivity index (χ2v) is 9.12. The summed E-state index contributed by atoms with van der Waals surface area (Å²) in [6.45, 7) is 8.67. The third kappa shape index (κ3) is 23.7. The molecule has 0 bridgehead atoms. The molecule has 174 valence electrons. The van der Waals surface area contributed by atoms with Crippen LogP contribution in [0.3, 0.4) is 0 Å². The molecule has 0 amide bonds. The van der Waals surface area contributed by atoms with E-state index in [2.05, 4.69) is 25.7 Å². The molecule has 4 heteroatoms. The van der Waals surface area contributed by atoms with E-state index < -0.39 is 5.97 Å². The van der Waals surface area contributed by atoms with Crippen molar-refractivity contribution >= 4 is 5.97 Å². The van der Waals surface area contributed by atoms with Gasteiger partial charge in [0.25, 0.3) is 0 Å². The third-order valence-corrected chi connectivity index (χ3v) is 6.18. The number of carboxylic acids is 1. The van der Waals surface area contributed by atoms with Gasteiger partial charge in [0, 0.05) is 18.4 Å². The van der Waals surface area contributed by atoms with Gasteiger partial charge in [-0.3, -0.25) is 0 Å². The summed E-state index contributed by atoms with van der Waals surface area (Å²) in [5.74, 6) is -0.915. The van der Waals surface area contributed by atoms with Gasteiger partial charge in [0.05, 0.1) is 0 Å². The van der Waals surface area contributed by atoms with Gasteiger partial charge in [0.1, 0.15) is 0 Å². The Morgan fingerprint density at radius 1 is 0.633 bits per heavy atom. The molecule has 0 aromatic rings. The van der Waals surface area contributed by atoms with Crippen molar-refractivity contribution in [2.45, 2.75) is 149 Å². The van der Waals surface area contributed by atoms with Gasteiger partial charge in [-0.05, 0) is 32.9 Å². The summed E-state index contributed by atoms with van der Waals surface area (Å²) < 4.78 is 0. The number of hydrogen-bond donors (Lipinski definition) is 0. The molecule has 0 heterocycles. The minimum Gasteiger partial charge on any atom is -0.550 e. The molecule has 0 spiro atoms. The molecule has 0 aromatic carbocycles. The summed E-state index contributed by atoms with van der Waals surface area (Å²) in [6, 6.07) is 0.100. The van der Waals surface area contributed by atoms with E-state index in [1.54, 1.807) is 0 Å². The second kappa shape index (κ2) is 26.3. The van der Waals surface area contributed by atoms with Crippen LogP contribution in [-0.2, 0) is 4.79 Å². The van der Waals surface area contributed by atoms with Crippen molar-refractivity contribution in [2.75, 3.05) is 13.1 Å². The Bertz CT molecular complexity index is 330. The average molecular weight is 450 g/mol. The molecule has 0 N–H and O–H groups in total. The van der Waals surface area contributed by atoms with Gasteiger partial charge < -0.3 is 14.8 Å². The van der Waals surface area contributed by atoms with E-state index in [4.69, 9.17) is 0 Å². The third-order valence-electron chi connectivity index (χ3n) is 6.18. The van der Waals surface area contributed by atoms with Crippen molar-refractivity contribution in [1.82, 2.24) is 4.90 Å². The van der Waals surface area contributed by atoms with E-state index >= 15 is 0 Å². The first-order valence-corrected chi connectivity index (χ1v) is 13.1. The van der Waals surface area contributed by atoms with Gasteiger partial charge in [-0.25, -0.2) is 0 Å². The van der Waals surface area contributed by atoms with Crippen molar-refractivity contribution in [3.05, 3.63) is 0 Å². The molecule has 30 heavy (non-hydrogen) atoms. The molecule has 0 aliphatic rings. The molecule has 1 atom stereocenters. The van der Waals surface area contributed by atoms with Crippen molar-refractivity contribution in [3.8, 4) is 0 Å². The number of aliphatic carboxylic acids is 1. The number of carbonyl (C=O) groups is 1. The first kappa shape index (κ1) is 33.2. The summed E-state index contributed by atoms with van der Waals surface area (Å²) in [4.78, 5) is 13.4. The topological polar surface area (TPSA) is 43.4 Å². The molecule has 0 rings (SSSR count). The van der Waals surface area contributed by atoms with Crippen LogP contribution in [0.2, 0.25) is 0 Å². The molecule has 0 aromatic heterocycles. The van der Waals surface area contributed by atoms with Gasteiger partial charge in [-0.1, -0.05) is 117 Å². The number of carbonyl (C=O) groups excluding carboxylic acids is 1. The van der Waals surface area contributed by atoms with Crippen LogP contribution in [0.5, 0.6) is 0 Å². The average Bonchev–Trinajstić information content (AvgIpc) is 2.69. The molecule has 3 nitrogen and oxygen atoms in total. The number of unbranched alkanes of at least 4 members (excludes halogenated alkanes) is 16. The fourth-order valence-corrected chi connectivity index (χ4v) is 4.17. The first-order valence-electron chi connectivity index (χ1n) is 13.1. The van der Waals surface area contributed by atoms with Crippen LogP contribution in [0, 0.1) is 0 Å². The second-order valence-electron chi connectivity index (χ2n) is 9.12. The van der Waals surface area contributed by atoms with E-state index in [0.717, 1.165) is 13.1 Å². The summed E-state index contributed by atoms with van der Waals surface area (Å²) in [5.41, 5.74) is 0. The van der Waals surface area contributed by atoms with Crippen LogP contribution in [0.15, 0.2) is 0 Å². The first-order chi connectivity index (χ1) is 14.1. The van der Waals surface area contributed by atoms with Crippen molar-refractivity contribution in [2.24, 2.45) is 0 Å². The minimum absolute atomic E-state index is 0. The Morgan fingerprint density at radius 2 is 0.933 bits per heavy atom. The predicted octanol–water partition coefficient (Wildman–Crippen LogP) is 3.88. The quantitative estimate of drug-likeness (QED) is 0.176. The summed E-state index contributed by atoms with van der Waals surface area (Å²) in [6.07, 6.45) is 24.2. The molecule has 0 saturated carbocycles.